The van der Waals surface area contributed by atoms with Gasteiger partial charge in [-0.25, -0.2) is 4.39 Å². The lowest BCUT2D eigenvalue weighted by Crippen LogP contribution is -2.43. The molecule has 128 valence electrons. The van der Waals surface area contributed by atoms with Crippen LogP contribution in [0.4, 0.5) is 4.39 Å². The van der Waals surface area contributed by atoms with Gasteiger partial charge in [0.25, 0.3) is 0 Å². The molecule has 0 radical (unpaired) electrons. The van der Waals surface area contributed by atoms with Gasteiger partial charge in [0.15, 0.2) is 0 Å². The number of carbonyl (C=O) groups excluding carboxylic acids is 1. The van der Waals surface area contributed by atoms with Gasteiger partial charge in [0, 0.05) is 13.7 Å². The standard InChI is InChI=1S/C18H21FN2O3/c1-12-9-13(10-21-18(22)16(20)11-23-2)3-8-17(12)24-15-6-4-14(19)5-7-15/h3-9,16H,10-11,20H2,1-2H3,(H,21,22). The number of methoxy groups -OCH3 is 1. The Morgan fingerprint density at radius 1 is 1.25 bits per heavy atom. The Morgan fingerprint density at radius 3 is 2.58 bits per heavy atom. The van der Waals surface area contributed by atoms with Crippen molar-refractivity contribution >= 4 is 5.91 Å². The number of hydrogen-bond acceptors (Lipinski definition) is 4. The molecule has 5 nitrogen and oxygen atoms in total. The van der Waals surface area contributed by atoms with Crippen LogP contribution in [-0.2, 0) is 16.1 Å². The Hall–Kier alpha value is -2.44. The zero-order chi connectivity index (χ0) is 17.5. The molecule has 0 saturated heterocycles. The molecule has 24 heavy (non-hydrogen) atoms. The van der Waals surface area contributed by atoms with Gasteiger partial charge in [-0.05, 0) is 48.4 Å². The summed E-state index contributed by atoms with van der Waals surface area (Å²) in [5.41, 5.74) is 7.50. The van der Waals surface area contributed by atoms with Gasteiger partial charge in [-0.3, -0.25) is 4.79 Å². The van der Waals surface area contributed by atoms with Gasteiger partial charge >= 0.3 is 0 Å². The molecule has 6 heteroatoms. The highest BCUT2D eigenvalue weighted by Gasteiger charge is 2.12. The van der Waals surface area contributed by atoms with Gasteiger partial charge in [0.05, 0.1) is 6.61 Å². The van der Waals surface area contributed by atoms with Crippen molar-refractivity contribution in [1.82, 2.24) is 5.32 Å². The summed E-state index contributed by atoms with van der Waals surface area (Å²) in [5.74, 6) is 0.664. The Labute approximate surface area is 140 Å². The van der Waals surface area contributed by atoms with E-state index in [2.05, 4.69) is 5.32 Å². The number of benzene rings is 2. The molecule has 0 bridgehead atoms. The van der Waals surface area contributed by atoms with Crippen molar-refractivity contribution in [3.05, 3.63) is 59.4 Å². The third-order valence-electron chi connectivity index (χ3n) is 3.43. The molecule has 1 amide bonds. The highest BCUT2D eigenvalue weighted by atomic mass is 19.1. The average molecular weight is 332 g/mol. The number of rotatable bonds is 7. The summed E-state index contributed by atoms with van der Waals surface area (Å²) in [7, 11) is 1.50. The highest BCUT2D eigenvalue weighted by molar-refractivity contribution is 5.81. The first-order valence-corrected chi connectivity index (χ1v) is 7.55. The van der Waals surface area contributed by atoms with E-state index in [1.54, 1.807) is 12.1 Å². The Morgan fingerprint density at radius 2 is 1.96 bits per heavy atom. The van der Waals surface area contributed by atoms with Crippen LogP contribution < -0.4 is 15.8 Å². The van der Waals surface area contributed by atoms with E-state index < -0.39 is 6.04 Å². The van der Waals surface area contributed by atoms with E-state index in [-0.39, 0.29) is 18.3 Å². The Bertz CT molecular complexity index is 689. The Kier molecular flexibility index (Phi) is 6.28. The SMILES string of the molecule is COCC(N)C(=O)NCc1ccc(Oc2ccc(F)cc2)c(C)c1. The third-order valence-corrected chi connectivity index (χ3v) is 3.43. The smallest absolute Gasteiger partial charge is 0.239 e. The van der Waals surface area contributed by atoms with Crippen LogP contribution in [0.25, 0.3) is 0 Å². The topological polar surface area (TPSA) is 73.6 Å². The summed E-state index contributed by atoms with van der Waals surface area (Å²) in [4.78, 5) is 11.8. The van der Waals surface area contributed by atoms with Crippen molar-refractivity contribution in [2.45, 2.75) is 19.5 Å². The molecular formula is C18H21FN2O3. The number of halogens is 1. The van der Waals surface area contributed by atoms with Crippen molar-refractivity contribution in [2.24, 2.45) is 5.73 Å². The van der Waals surface area contributed by atoms with Crippen LogP contribution in [0.1, 0.15) is 11.1 Å². The molecule has 2 rings (SSSR count). The first-order chi connectivity index (χ1) is 11.5. The first kappa shape index (κ1) is 17.9. The molecule has 0 spiro atoms. The maximum Gasteiger partial charge on any atom is 0.239 e. The predicted octanol–water partition coefficient (Wildman–Crippen LogP) is 2.52. The highest BCUT2D eigenvalue weighted by Crippen LogP contribution is 2.25. The van der Waals surface area contributed by atoms with E-state index in [0.29, 0.717) is 18.0 Å². The summed E-state index contributed by atoms with van der Waals surface area (Å²) in [6, 6.07) is 10.7. The minimum absolute atomic E-state index is 0.176. The van der Waals surface area contributed by atoms with Gasteiger partial charge in [0.2, 0.25) is 5.91 Å². The van der Waals surface area contributed by atoms with Gasteiger partial charge < -0.3 is 20.5 Å². The fourth-order valence-corrected chi connectivity index (χ4v) is 2.14. The van der Waals surface area contributed by atoms with E-state index >= 15 is 0 Å². The van der Waals surface area contributed by atoms with E-state index in [9.17, 15) is 9.18 Å². The summed E-state index contributed by atoms with van der Waals surface area (Å²) in [6.07, 6.45) is 0. The van der Waals surface area contributed by atoms with Crippen LogP contribution >= 0.6 is 0 Å². The molecular weight excluding hydrogens is 311 g/mol. The monoisotopic (exact) mass is 332 g/mol. The van der Waals surface area contributed by atoms with Gasteiger partial charge in [0.1, 0.15) is 23.4 Å². The lowest BCUT2D eigenvalue weighted by atomic mass is 10.1. The summed E-state index contributed by atoms with van der Waals surface area (Å²) < 4.78 is 23.5. The van der Waals surface area contributed by atoms with Crippen LogP contribution in [0.5, 0.6) is 11.5 Å². The lowest BCUT2D eigenvalue weighted by molar-refractivity contribution is -0.123. The first-order valence-electron chi connectivity index (χ1n) is 7.55. The van der Waals surface area contributed by atoms with Crippen LogP contribution in [0.2, 0.25) is 0 Å². The molecule has 2 aromatic carbocycles. The zero-order valence-corrected chi connectivity index (χ0v) is 13.7. The second-order valence-corrected chi connectivity index (χ2v) is 5.44. The Balaban J connectivity index is 1.96. The summed E-state index contributed by atoms with van der Waals surface area (Å²) in [6.45, 7) is 2.45. The lowest BCUT2D eigenvalue weighted by Gasteiger charge is -2.13. The molecule has 1 unspecified atom stereocenters. The number of nitrogens with one attached hydrogen (secondary N) is 1. The molecule has 0 fully saturated rings. The number of hydrogen-bond donors (Lipinski definition) is 2. The quantitative estimate of drug-likeness (QED) is 0.817. The van der Waals surface area contributed by atoms with Crippen molar-refractivity contribution in [3.63, 3.8) is 0 Å². The van der Waals surface area contributed by atoms with E-state index in [0.717, 1.165) is 11.1 Å². The fourth-order valence-electron chi connectivity index (χ4n) is 2.14. The van der Waals surface area contributed by atoms with E-state index in [1.807, 2.05) is 25.1 Å². The maximum atomic E-state index is 12.9. The molecule has 0 aliphatic rings. The van der Waals surface area contributed by atoms with Crippen LogP contribution in [-0.4, -0.2) is 25.7 Å². The second kappa shape index (κ2) is 8.42. The second-order valence-electron chi connectivity index (χ2n) is 5.44. The van der Waals surface area contributed by atoms with Gasteiger partial charge in [-0.15, -0.1) is 0 Å². The molecule has 0 saturated carbocycles. The molecule has 0 aliphatic heterocycles. The number of aryl methyl sites for hydroxylation is 1. The molecule has 3 N–H and O–H groups in total. The van der Waals surface area contributed by atoms with Crippen LogP contribution in [0.3, 0.4) is 0 Å². The zero-order valence-electron chi connectivity index (χ0n) is 13.7. The van der Waals surface area contributed by atoms with Crippen molar-refractivity contribution < 1.29 is 18.7 Å². The van der Waals surface area contributed by atoms with Gasteiger partial charge in [-0.2, -0.15) is 0 Å². The molecule has 1 atom stereocenters. The number of ether oxygens (including phenoxy) is 2. The average Bonchev–Trinajstić information content (AvgIpc) is 2.57. The molecule has 0 aromatic heterocycles. The molecule has 2 aromatic rings. The van der Waals surface area contributed by atoms with Crippen molar-refractivity contribution in [2.75, 3.05) is 13.7 Å². The summed E-state index contributed by atoms with van der Waals surface area (Å²) in [5, 5.41) is 2.76. The third kappa shape index (κ3) is 5.04. The molecule has 0 aliphatic carbocycles. The largest absolute Gasteiger partial charge is 0.457 e. The van der Waals surface area contributed by atoms with E-state index in [1.165, 1.54) is 19.2 Å². The predicted molar refractivity (Wildman–Crippen MR) is 89.4 cm³/mol. The van der Waals surface area contributed by atoms with E-state index in [4.69, 9.17) is 15.2 Å². The summed E-state index contributed by atoms with van der Waals surface area (Å²) >= 11 is 0. The van der Waals surface area contributed by atoms with Crippen LogP contribution in [0.15, 0.2) is 42.5 Å². The number of nitrogens with two attached hydrogens (primary N) is 1. The van der Waals surface area contributed by atoms with Gasteiger partial charge in [-0.1, -0.05) is 12.1 Å². The van der Waals surface area contributed by atoms with Crippen LogP contribution in [0, 0.1) is 12.7 Å². The minimum atomic E-state index is -0.683. The van der Waals surface area contributed by atoms with Crippen molar-refractivity contribution in [3.8, 4) is 11.5 Å². The molecule has 0 heterocycles. The van der Waals surface area contributed by atoms with Crippen molar-refractivity contribution in [1.29, 1.82) is 0 Å². The fraction of sp³-hybridized carbons (Fsp3) is 0.278. The number of carbonyl (C=O) groups is 1. The number of amides is 1. The normalized spacial score (nSPS) is 11.8. The minimum Gasteiger partial charge on any atom is -0.457 e. The maximum absolute atomic E-state index is 12.9.